The van der Waals surface area contributed by atoms with Crippen LogP contribution in [0.1, 0.15) is 46.3 Å². The molecule has 0 saturated carbocycles. The van der Waals surface area contributed by atoms with Crippen LogP contribution >= 0.6 is 0 Å². The molecule has 178 valence electrons. The lowest BCUT2D eigenvalue weighted by Crippen LogP contribution is -2.51. The molecule has 0 N–H and O–H groups in total. The summed E-state index contributed by atoms with van der Waals surface area (Å²) in [5.41, 5.74) is -1.61. The number of carbonyl (C=O) groups is 2. The van der Waals surface area contributed by atoms with Crippen LogP contribution in [0.4, 0.5) is 26.3 Å². The van der Waals surface area contributed by atoms with E-state index in [2.05, 4.69) is 0 Å². The van der Waals surface area contributed by atoms with Crippen molar-refractivity contribution in [2.24, 2.45) is 0 Å². The molecule has 1 fully saturated rings. The zero-order valence-corrected chi connectivity index (χ0v) is 17.7. The van der Waals surface area contributed by atoms with Gasteiger partial charge in [-0.15, -0.1) is 0 Å². The molecule has 0 bridgehead atoms. The molecule has 4 nitrogen and oxygen atoms in total. The lowest BCUT2D eigenvalue weighted by molar-refractivity contribution is -0.138. The number of hydrogen-bond acceptors (Lipinski definition) is 2. The van der Waals surface area contributed by atoms with Crippen molar-refractivity contribution in [3.05, 3.63) is 70.8 Å². The third-order valence-electron chi connectivity index (χ3n) is 5.67. The highest BCUT2D eigenvalue weighted by Crippen LogP contribution is 2.33. The van der Waals surface area contributed by atoms with Crippen LogP contribution in [0.25, 0.3) is 0 Å². The minimum atomic E-state index is -4.65. The standard InChI is InChI=1S/C23H22F6N2O2/c1-15(16-6-8-17(9-7-16)22(24,25)26)14-20(32)30-10-12-31(13-11-30)21(33)18-4-2-3-5-19(18)23(27,28)29/h2-9,15H,10-14H2,1H3. The lowest BCUT2D eigenvalue weighted by Gasteiger charge is -2.35. The average molecular weight is 472 g/mol. The maximum absolute atomic E-state index is 13.2. The first-order valence-electron chi connectivity index (χ1n) is 10.3. The van der Waals surface area contributed by atoms with Gasteiger partial charge in [-0.3, -0.25) is 9.59 Å². The summed E-state index contributed by atoms with van der Waals surface area (Å²) in [6.07, 6.45) is -9.02. The average Bonchev–Trinajstić information content (AvgIpc) is 2.77. The highest BCUT2D eigenvalue weighted by molar-refractivity contribution is 5.96. The van der Waals surface area contributed by atoms with E-state index in [1.807, 2.05) is 0 Å². The summed E-state index contributed by atoms with van der Waals surface area (Å²) in [7, 11) is 0. The maximum Gasteiger partial charge on any atom is 0.417 e. The summed E-state index contributed by atoms with van der Waals surface area (Å²) in [5, 5.41) is 0. The van der Waals surface area contributed by atoms with Crippen LogP contribution in [0.15, 0.2) is 48.5 Å². The fraction of sp³-hybridized carbons (Fsp3) is 0.391. The van der Waals surface area contributed by atoms with Crippen molar-refractivity contribution < 1.29 is 35.9 Å². The molecule has 2 amide bonds. The molecule has 10 heteroatoms. The van der Waals surface area contributed by atoms with Crippen molar-refractivity contribution in [2.45, 2.75) is 31.6 Å². The molecule has 1 saturated heterocycles. The Hall–Kier alpha value is -3.04. The van der Waals surface area contributed by atoms with Crippen molar-refractivity contribution in [1.82, 2.24) is 9.80 Å². The van der Waals surface area contributed by atoms with E-state index in [1.165, 1.54) is 34.1 Å². The fourth-order valence-corrected chi connectivity index (χ4v) is 3.76. The molecule has 1 aliphatic heterocycles. The molecule has 3 rings (SSSR count). The summed E-state index contributed by atoms with van der Waals surface area (Å²) in [6.45, 7) is 2.24. The van der Waals surface area contributed by atoms with E-state index in [1.54, 1.807) is 6.92 Å². The van der Waals surface area contributed by atoms with Crippen molar-refractivity contribution in [3.63, 3.8) is 0 Å². The summed E-state index contributed by atoms with van der Waals surface area (Å²) in [6, 6.07) is 9.20. The van der Waals surface area contributed by atoms with Crippen LogP contribution in [0.3, 0.4) is 0 Å². The topological polar surface area (TPSA) is 40.6 Å². The number of hydrogen-bond donors (Lipinski definition) is 0. The minimum absolute atomic E-state index is 0.0657. The first kappa shape index (κ1) is 24.6. The van der Waals surface area contributed by atoms with Crippen LogP contribution in [0.5, 0.6) is 0 Å². The monoisotopic (exact) mass is 472 g/mol. The van der Waals surface area contributed by atoms with Crippen LogP contribution in [0, 0.1) is 0 Å². The second-order valence-corrected chi connectivity index (χ2v) is 7.94. The number of nitrogens with zero attached hydrogens (tertiary/aromatic N) is 2. The SMILES string of the molecule is CC(CC(=O)N1CCN(C(=O)c2ccccc2C(F)(F)F)CC1)c1ccc(C(F)(F)F)cc1. The molecule has 0 spiro atoms. The molecule has 1 atom stereocenters. The molecule has 1 heterocycles. The summed E-state index contributed by atoms with van der Waals surface area (Å²) >= 11 is 0. The summed E-state index contributed by atoms with van der Waals surface area (Å²) in [4.78, 5) is 28.1. The van der Waals surface area contributed by atoms with Gasteiger partial charge in [0, 0.05) is 32.6 Å². The third-order valence-corrected chi connectivity index (χ3v) is 5.67. The van der Waals surface area contributed by atoms with Crippen LogP contribution < -0.4 is 0 Å². The van der Waals surface area contributed by atoms with Crippen LogP contribution in [-0.4, -0.2) is 47.8 Å². The molecule has 0 radical (unpaired) electrons. The Morgan fingerprint density at radius 3 is 1.91 bits per heavy atom. The lowest BCUT2D eigenvalue weighted by atomic mass is 9.96. The Balaban J connectivity index is 1.58. The number of piperazine rings is 1. The predicted octanol–water partition coefficient (Wildman–Crippen LogP) is 5.20. The number of benzene rings is 2. The number of rotatable bonds is 4. The first-order valence-corrected chi connectivity index (χ1v) is 10.3. The molecule has 0 aliphatic carbocycles. The second-order valence-electron chi connectivity index (χ2n) is 7.94. The number of carbonyl (C=O) groups excluding carboxylic acids is 2. The Kier molecular flexibility index (Phi) is 7.04. The van der Waals surface area contributed by atoms with Gasteiger partial charge in [0.25, 0.3) is 5.91 Å². The normalized spacial score (nSPS) is 16.0. The summed E-state index contributed by atoms with van der Waals surface area (Å²) < 4.78 is 77.7. The number of alkyl halides is 6. The van der Waals surface area contributed by atoms with Crippen molar-refractivity contribution in [3.8, 4) is 0 Å². The highest BCUT2D eigenvalue weighted by atomic mass is 19.4. The second kappa shape index (κ2) is 9.44. The first-order chi connectivity index (χ1) is 15.4. The van der Waals surface area contributed by atoms with Gasteiger partial charge in [-0.2, -0.15) is 26.3 Å². The predicted molar refractivity (Wildman–Crippen MR) is 108 cm³/mol. The Labute approximate surface area is 186 Å². The third kappa shape index (κ3) is 5.85. The smallest absolute Gasteiger partial charge is 0.339 e. The van der Waals surface area contributed by atoms with Gasteiger partial charge < -0.3 is 9.80 Å². The zero-order chi connectivity index (χ0) is 24.4. The molecule has 2 aromatic rings. The molecule has 0 aromatic heterocycles. The van der Waals surface area contributed by atoms with Gasteiger partial charge in [0.05, 0.1) is 16.7 Å². The minimum Gasteiger partial charge on any atom is -0.339 e. The number of amides is 2. The quantitative estimate of drug-likeness (QED) is 0.574. The largest absolute Gasteiger partial charge is 0.417 e. The maximum atomic E-state index is 13.2. The van der Waals surface area contributed by atoms with E-state index >= 15 is 0 Å². The Bertz CT molecular complexity index is 993. The molecular formula is C23H22F6N2O2. The zero-order valence-electron chi connectivity index (χ0n) is 17.7. The fourth-order valence-electron chi connectivity index (χ4n) is 3.76. The molecule has 1 aliphatic rings. The van der Waals surface area contributed by atoms with Gasteiger partial charge in [0.15, 0.2) is 0 Å². The molecule has 33 heavy (non-hydrogen) atoms. The number of halogens is 6. The van der Waals surface area contributed by atoms with Gasteiger partial charge in [-0.1, -0.05) is 31.2 Å². The van der Waals surface area contributed by atoms with Crippen LogP contribution in [0.2, 0.25) is 0 Å². The van der Waals surface area contributed by atoms with Crippen molar-refractivity contribution in [2.75, 3.05) is 26.2 Å². The molecule has 1 unspecified atom stereocenters. The van der Waals surface area contributed by atoms with E-state index < -0.39 is 35.0 Å². The van der Waals surface area contributed by atoms with E-state index in [0.717, 1.165) is 24.3 Å². The van der Waals surface area contributed by atoms with E-state index in [9.17, 15) is 35.9 Å². The van der Waals surface area contributed by atoms with Gasteiger partial charge in [-0.25, -0.2) is 0 Å². The van der Waals surface area contributed by atoms with Crippen LogP contribution in [-0.2, 0) is 17.1 Å². The van der Waals surface area contributed by atoms with E-state index in [4.69, 9.17) is 0 Å². The van der Waals surface area contributed by atoms with Gasteiger partial charge in [0.1, 0.15) is 0 Å². The van der Waals surface area contributed by atoms with Crippen molar-refractivity contribution >= 4 is 11.8 Å². The van der Waals surface area contributed by atoms with E-state index in [0.29, 0.717) is 5.56 Å². The van der Waals surface area contributed by atoms with Crippen molar-refractivity contribution in [1.29, 1.82) is 0 Å². The highest BCUT2D eigenvalue weighted by Gasteiger charge is 2.36. The molecule has 2 aromatic carbocycles. The van der Waals surface area contributed by atoms with Gasteiger partial charge in [0.2, 0.25) is 5.91 Å². The van der Waals surface area contributed by atoms with Gasteiger partial charge >= 0.3 is 12.4 Å². The Morgan fingerprint density at radius 2 is 1.36 bits per heavy atom. The van der Waals surface area contributed by atoms with E-state index in [-0.39, 0.29) is 44.4 Å². The van der Waals surface area contributed by atoms with Gasteiger partial charge in [-0.05, 0) is 35.7 Å². The molecular weight excluding hydrogens is 450 g/mol. The Morgan fingerprint density at radius 1 is 0.818 bits per heavy atom. The summed E-state index contributed by atoms with van der Waals surface area (Å²) in [5.74, 6) is -1.29.